The maximum Gasteiger partial charge on any atom is 0.236 e. The van der Waals surface area contributed by atoms with E-state index in [4.69, 9.17) is 9.73 Å². The van der Waals surface area contributed by atoms with Crippen LogP contribution in [0.1, 0.15) is 53.4 Å². The van der Waals surface area contributed by atoms with E-state index in [2.05, 4.69) is 47.7 Å². The molecule has 1 aliphatic carbocycles. The quantitative estimate of drug-likeness (QED) is 0.203. The lowest BCUT2D eigenvalue weighted by Gasteiger charge is -2.39. The van der Waals surface area contributed by atoms with Crippen molar-refractivity contribution in [1.29, 1.82) is 0 Å². The Labute approximate surface area is 212 Å². The predicted octanol–water partition coefficient (Wildman–Crippen LogP) is 2.90. The fourth-order valence-electron chi connectivity index (χ4n) is 5.04. The molecule has 0 spiro atoms. The van der Waals surface area contributed by atoms with E-state index in [1.165, 1.54) is 19.3 Å². The van der Waals surface area contributed by atoms with Crippen LogP contribution in [0.3, 0.4) is 0 Å². The maximum atomic E-state index is 12.8. The zero-order chi connectivity index (χ0) is 22.3. The molecule has 1 saturated carbocycles. The summed E-state index contributed by atoms with van der Waals surface area (Å²) in [6.45, 7) is 18.2. The highest BCUT2D eigenvalue weighted by Crippen LogP contribution is 2.49. The largest absolute Gasteiger partial charge is 0.382 e. The number of ether oxygens (including phenoxy) is 1. The number of nitrogens with zero attached hydrogens (tertiary/aromatic N) is 4. The van der Waals surface area contributed by atoms with Gasteiger partial charge in [-0.2, -0.15) is 0 Å². The number of hydrogen-bond acceptors (Lipinski definition) is 4. The van der Waals surface area contributed by atoms with Gasteiger partial charge in [-0.3, -0.25) is 14.7 Å². The molecule has 32 heavy (non-hydrogen) atoms. The SMILES string of the molecule is CCNC(=NCC1(CCOCC)CC1)N1CCN(CC(=O)N2CC(C)CC(C)C2)CC1.I. The Morgan fingerprint density at radius 2 is 1.72 bits per heavy atom. The molecule has 2 aliphatic heterocycles. The third-order valence-corrected chi connectivity index (χ3v) is 7.09. The molecule has 0 aromatic rings. The molecule has 2 unspecified atom stereocenters. The zero-order valence-corrected chi connectivity index (χ0v) is 23.1. The molecule has 0 aromatic carbocycles. The minimum atomic E-state index is 0. The number of carbonyl (C=O) groups is 1. The summed E-state index contributed by atoms with van der Waals surface area (Å²) in [4.78, 5) is 24.6. The van der Waals surface area contributed by atoms with Gasteiger partial charge in [0.2, 0.25) is 5.91 Å². The third-order valence-electron chi connectivity index (χ3n) is 7.09. The van der Waals surface area contributed by atoms with Crippen LogP contribution in [0.25, 0.3) is 0 Å². The summed E-state index contributed by atoms with van der Waals surface area (Å²) in [7, 11) is 0. The average molecular weight is 564 g/mol. The lowest BCUT2D eigenvalue weighted by Crippen LogP contribution is -2.55. The summed E-state index contributed by atoms with van der Waals surface area (Å²) in [6.07, 6.45) is 4.90. The van der Waals surface area contributed by atoms with Crippen LogP contribution in [0, 0.1) is 17.3 Å². The van der Waals surface area contributed by atoms with Gasteiger partial charge in [0.05, 0.1) is 6.54 Å². The van der Waals surface area contributed by atoms with Gasteiger partial charge in [0.15, 0.2) is 5.96 Å². The van der Waals surface area contributed by atoms with Crippen molar-refractivity contribution in [3.05, 3.63) is 0 Å². The molecule has 8 heteroatoms. The van der Waals surface area contributed by atoms with Gasteiger partial charge in [-0.25, -0.2) is 0 Å². The fraction of sp³-hybridized carbons (Fsp3) is 0.917. The number of halogens is 1. The van der Waals surface area contributed by atoms with E-state index in [0.717, 1.165) is 78.0 Å². The third kappa shape index (κ3) is 8.31. The molecule has 0 aromatic heterocycles. The molecule has 2 heterocycles. The number of piperidine rings is 1. The Bertz CT molecular complexity index is 595. The smallest absolute Gasteiger partial charge is 0.236 e. The second kappa shape index (κ2) is 13.3. The van der Waals surface area contributed by atoms with E-state index >= 15 is 0 Å². The van der Waals surface area contributed by atoms with Crippen molar-refractivity contribution in [3.8, 4) is 0 Å². The summed E-state index contributed by atoms with van der Waals surface area (Å²) in [5.74, 6) is 2.57. The Kier molecular flexibility index (Phi) is 11.5. The first kappa shape index (κ1) is 27.6. The van der Waals surface area contributed by atoms with Gasteiger partial charge >= 0.3 is 0 Å². The van der Waals surface area contributed by atoms with Gasteiger partial charge < -0.3 is 19.9 Å². The lowest BCUT2D eigenvalue weighted by molar-refractivity contribution is -0.135. The van der Waals surface area contributed by atoms with E-state index in [1.807, 2.05) is 0 Å². The molecule has 7 nitrogen and oxygen atoms in total. The molecule has 3 fully saturated rings. The van der Waals surface area contributed by atoms with Crippen molar-refractivity contribution in [2.24, 2.45) is 22.2 Å². The maximum absolute atomic E-state index is 12.8. The highest BCUT2D eigenvalue weighted by molar-refractivity contribution is 14.0. The molecule has 0 bridgehead atoms. The molecular weight excluding hydrogens is 517 g/mol. The minimum Gasteiger partial charge on any atom is -0.382 e. The number of hydrogen-bond donors (Lipinski definition) is 1. The van der Waals surface area contributed by atoms with Gasteiger partial charge in [0.1, 0.15) is 0 Å². The second-order valence-electron chi connectivity index (χ2n) is 10.1. The van der Waals surface area contributed by atoms with Gasteiger partial charge in [0, 0.05) is 65.6 Å². The minimum absolute atomic E-state index is 0. The van der Waals surface area contributed by atoms with Crippen LogP contribution in [0.5, 0.6) is 0 Å². The monoisotopic (exact) mass is 563 g/mol. The highest BCUT2D eigenvalue weighted by Gasteiger charge is 2.42. The normalized spacial score (nSPS) is 25.9. The Hall–Kier alpha value is -0.610. The van der Waals surface area contributed by atoms with E-state index in [0.29, 0.717) is 29.7 Å². The Morgan fingerprint density at radius 1 is 1.06 bits per heavy atom. The summed E-state index contributed by atoms with van der Waals surface area (Å²) in [6, 6.07) is 0. The average Bonchev–Trinajstić information content (AvgIpc) is 3.51. The van der Waals surface area contributed by atoms with Gasteiger partial charge in [-0.1, -0.05) is 13.8 Å². The van der Waals surface area contributed by atoms with E-state index in [9.17, 15) is 4.79 Å². The van der Waals surface area contributed by atoms with Crippen molar-refractivity contribution in [2.75, 3.05) is 72.1 Å². The highest BCUT2D eigenvalue weighted by atomic mass is 127. The van der Waals surface area contributed by atoms with Crippen molar-refractivity contribution in [1.82, 2.24) is 20.0 Å². The predicted molar refractivity (Wildman–Crippen MR) is 142 cm³/mol. The number of rotatable bonds is 9. The second-order valence-corrected chi connectivity index (χ2v) is 10.1. The van der Waals surface area contributed by atoms with E-state index in [-0.39, 0.29) is 24.0 Å². The fourth-order valence-corrected chi connectivity index (χ4v) is 5.04. The number of carbonyl (C=O) groups excluding carboxylic acids is 1. The zero-order valence-electron chi connectivity index (χ0n) is 20.8. The van der Waals surface area contributed by atoms with Gasteiger partial charge in [-0.15, -0.1) is 24.0 Å². The first-order valence-corrected chi connectivity index (χ1v) is 12.6. The summed E-state index contributed by atoms with van der Waals surface area (Å²) < 4.78 is 5.57. The van der Waals surface area contributed by atoms with Crippen LogP contribution in [-0.2, 0) is 9.53 Å². The van der Waals surface area contributed by atoms with Crippen molar-refractivity contribution < 1.29 is 9.53 Å². The first-order chi connectivity index (χ1) is 14.9. The molecule has 186 valence electrons. The van der Waals surface area contributed by atoms with Crippen LogP contribution in [0.4, 0.5) is 0 Å². The summed E-state index contributed by atoms with van der Waals surface area (Å²) >= 11 is 0. The standard InChI is InChI=1S/C24H45N5O2.HI/c1-5-25-23(26-19-24(7-8-24)9-14-31-6-2)28-12-10-27(11-13-28)18-22(30)29-16-20(3)15-21(4)17-29;/h20-21H,5-19H2,1-4H3,(H,25,26);1H. The van der Waals surface area contributed by atoms with E-state index in [1.54, 1.807) is 0 Å². The molecular formula is C24H46IN5O2. The van der Waals surface area contributed by atoms with Crippen LogP contribution < -0.4 is 5.32 Å². The molecule has 1 N–H and O–H groups in total. The number of aliphatic imine (C=N–C) groups is 1. The molecule has 3 aliphatic rings. The molecule has 2 saturated heterocycles. The molecule has 0 radical (unpaired) electrons. The molecule has 1 amide bonds. The van der Waals surface area contributed by atoms with Crippen LogP contribution >= 0.6 is 24.0 Å². The van der Waals surface area contributed by atoms with Crippen molar-refractivity contribution >= 4 is 35.8 Å². The Morgan fingerprint density at radius 3 is 2.28 bits per heavy atom. The lowest BCUT2D eigenvalue weighted by atomic mass is 9.92. The number of nitrogens with one attached hydrogen (secondary N) is 1. The molecule has 2 atom stereocenters. The molecule has 3 rings (SSSR count). The summed E-state index contributed by atoms with van der Waals surface area (Å²) in [5.41, 5.74) is 0.368. The Balaban J connectivity index is 0.00000363. The summed E-state index contributed by atoms with van der Waals surface area (Å²) in [5, 5.41) is 3.49. The number of guanidine groups is 1. The number of likely N-dealkylation sites (tertiary alicyclic amines) is 1. The van der Waals surface area contributed by atoms with Crippen molar-refractivity contribution in [2.45, 2.75) is 53.4 Å². The van der Waals surface area contributed by atoms with Crippen LogP contribution in [0.15, 0.2) is 4.99 Å². The van der Waals surface area contributed by atoms with Crippen LogP contribution in [0.2, 0.25) is 0 Å². The topological polar surface area (TPSA) is 60.4 Å². The number of amides is 1. The number of piperazine rings is 1. The van der Waals surface area contributed by atoms with Crippen molar-refractivity contribution in [3.63, 3.8) is 0 Å². The van der Waals surface area contributed by atoms with Crippen LogP contribution in [-0.4, -0.2) is 98.7 Å². The van der Waals surface area contributed by atoms with Gasteiger partial charge in [0.25, 0.3) is 0 Å². The first-order valence-electron chi connectivity index (χ1n) is 12.6. The van der Waals surface area contributed by atoms with Gasteiger partial charge in [-0.05, 0) is 56.8 Å². The van der Waals surface area contributed by atoms with E-state index < -0.39 is 0 Å².